The summed E-state index contributed by atoms with van der Waals surface area (Å²) in [6.07, 6.45) is 6.63. The van der Waals surface area contributed by atoms with Gasteiger partial charge >= 0.3 is 0 Å². The standard InChI is InChI=1S/C26H21FN8OS/c1-13(2)8-19(36)31-15-9-14(10-28-11-15)22-21(27)20-17(12-30-22)34-35-24(20)26-32-23-16(18-4-3-7-37-18)5-6-29-25(23)33-26/h3-7,9-13H,8H2,1-2H3,(H,31,36)(H,34,35)(H,29,32,33). The van der Waals surface area contributed by atoms with E-state index >= 15 is 4.39 Å². The second-order valence-electron chi connectivity index (χ2n) is 9.01. The predicted octanol–water partition coefficient (Wildman–Crippen LogP) is 5.81. The lowest BCUT2D eigenvalue weighted by Gasteiger charge is -2.09. The maximum Gasteiger partial charge on any atom is 0.224 e. The molecule has 11 heteroatoms. The summed E-state index contributed by atoms with van der Waals surface area (Å²) in [6.45, 7) is 3.93. The SMILES string of the molecule is CC(C)CC(=O)Nc1cncc(-c2ncc3[nH]nc(-c4nc5nccc(-c6cccs6)c5[nH]4)c3c2F)c1. The molecule has 0 aromatic carbocycles. The van der Waals surface area contributed by atoms with E-state index < -0.39 is 5.82 Å². The van der Waals surface area contributed by atoms with Gasteiger partial charge in [-0.15, -0.1) is 11.3 Å². The number of halogens is 1. The van der Waals surface area contributed by atoms with Gasteiger partial charge in [0, 0.05) is 34.8 Å². The van der Waals surface area contributed by atoms with Crippen molar-refractivity contribution in [1.82, 2.24) is 35.1 Å². The van der Waals surface area contributed by atoms with E-state index in [0.717, 1.165) is 16.0 Å². The Hall–Kier alpha value is -4.51. The van der Waals surface area contributed by atoms with Gasteiger partial charge in [-0.05, 0) is 29.5 Å². The van der Waals surface area contributed by atoms with Crippen LogP contribution in [0, 0.1) is 11.7 Å². The molecule has 0 spiro atoms. The zero-order valence-electron chi connectivity index (χ0n) is 19.9. The first-order valence-electron chi connectivity index (χ1n) is 11.6. The molecule has 37 heavy (non-hydrogen) atoms. The van der Waals surface area contributed by atoms with Crippen molar-refractivity contribution < 1.29 is 9.18 Å². The molecule has 3 N–H and O–H groups in total. The number of thiophene rings is 1. The van der Waals surface area contributed by atoms with E-state index in [1.807, 2.05) is 37.4 Å². The molecule has 0 bridgehead atoms. The second kappa shape index (κ2) is 9.17. The molecule has 0 unspecified atom stereocenters. The predicted molar refractivity (Wildman–Crippen MR) is 141 cm³/mol. The monoisotopic (exact) mass is 512 g/mol. The third kappa shape index (κ3) is 4.23. The highest BCUT2D eigenvalue weighted by molar-refractivity contribution is 7.13. The van der Waals surface area contributed by atoms with Gasteiger partial charge in [-0.2, -0.15) is 5.10 Å². The van der Waals surface area contributed by atoms with Crippen LogP contribution in [0.4, 0.5) is 10.1 Å². The molecule has 6 heterocycles. The van der Waals surface area contributed by atoms with Crippen molar-refractivity contribution in [3.63, 3.8) is 0 Å². The smallest absolute Gasteiger partial charge is 0.224 e. The Kier molecular flexibility index (Phi) is 5.68. The summed E-state index contributed by atoms with van der Waals surface area (Å²) in [4.78, 5) is 34.0. The fourth-order valence-corrected chi connectivity index (χ4v) is 4.99. The summed E-state index contributed by atoms with van der Waals surface area (Å²) in [5.41, 5.74) is 3.97. The summed E-state index contributed by atoms with van der Waals surface area (Å²) in [7, 11) is 0. The van der Waals surface area contributed by atoms with E-state index in [0.29, 0.717) is 40.4 Å². The number of nitrogens with one attached hydrogen (secondary N) is 3. The molecule has 1 amide bonds. The highest BCUT2D eigenvalue weighted by Gasteiger charge is 2.22. The number of H-pyrrole nitrogens is 2. The Morgan fingerprint density at radius 3 is 2.86 bits per heavy atom. The van der Waals surface area contributed by atoms with E-state index in [4.69, 9.17) is 0 Å². The number of fused-ring (bicyclic) bond motifs is 2. The van der Waals surface area contributed by atoms with Gasteiger partial charge < -0.3 is 10.3 Å². The topological polar surface area (TPSA) is 125 Å². The Bertz CT molecular complexity index is 1760. The molecule has 9 nitrogen and oxygen atoms in total. The molecule has 0 radical (unpaired) electrons. The van der Waals surface area contributed by atoms with Gasteiger partial charge in [0.1, 0.15) is 11.4 Å². The Morgan fingerprint density at radius 2 is 2.05 bits per heavy atom. The van der Waals surface area contributed by atoms with Crippen LogP contribution in [-0.2, 0) is 4.79 Å². The van der Waals surface area contributed by atoms with Crippen molar-refractivity contribution in [1.29, 1.82) is 0 Å². The third-order valence-corrected chi connectivity index (χ3v) is 6.74. The molecule has 184 valence electrons. The van der Waals surface area contributed by atoms with Crippen LogP contribution in [0.1, 0.15) is 20.3 Å². The summed E-state index contributed by atoms with van der Waals surface area (Å²) >= 11 is 1.61. The first kappa shape index (κ1) is 22.9. The maximum absolute atomic E-state index is 16.0. The van der Waals surface area contributed by atoms with Crippen molar-refractivity contribution >= 4 is 45.0 Å². The first-order chi connectivity index (χ1) is 18.0. The number of amides is 1. The molecule has 0 atom stereocenters. The summed E-state index contributed by atoms with van der Waals surface area (Å²) in [6, 6.07) is 7.57. The Labute approximate surface area is 214 Å². The van der Waals surface area contributed by atoms with Gasteiger partial charge in [-0.25, -0.2) is 14.4 Å². The lowest BCUT2D eigenvalue weighted by atomic mass is 10.1. The zero-order valence-corrected chi connectivity index (χ0v) is 20.7. The lowest BCUT2D eigenvalue weighted by Crippen LogP contribution is -2.14. The van der Waals surface area contributed by atoms with E-state index in [9.17, 15) is 4.79 Å². The van der Waals surface area contributed by atoms with E-state index in [2.05, 4.69) is 40.4 Å². The fourth-order valence-electron chi connectivity index (χ4n) is 4.23. The number of imidazole rings is 1. The van der Waals surface area contributed by atoms with Gasteiger partial charge in [-0.3, -0.25) is 19.9 Å². The van der Waals surface area contributed by atoms with Crippen LogP contribution in [-0.4, -0.2) is 41.0 Å². The van der Waals surface area contributed by atoms with Crippen LogP contribution in [0.25, 0.3) is 55.3 Å². The van der Waals surface area contributed by atoms with Gasteiger partial charge in [0.05, 0.1) is 34.5 Å². The van der Waals surface area contributed by atoms with Crippen molar-refractivity contribution in [3.05, 3.63) is 60.3 Å². The number of hydrogen-bond donors (Lipinski definition) is 3. The first-order valence-corrected chi connectivity index (χ1v) is 12.5. The summed E-state index contributed by atoms with van der Waals surface area (Å²) < 4.78 is 16.0. The fraction of sp³-hybridized carbons (Fsp3) is 0.154. The largest absolute Gasteiger partial charge is 0.335 e. The normalized spacial score (nSPS) is 11.6. The Morgan fingerprint density at radius 1 is 1.16 bits per heavy atom. The van der Waals surface area contributed by atoms with Gasteiger partial charge in [0.2, 0.25) is 5.91 Å². The summed E-state index contributed by atoms with van der Waals surface area (Å²) in [5.74, 6) is -0.0930. The average molecular weight is 513 g/mol. The van der Waals surface area contributed by atoms with Gasteiger partial charge in [0.25, 0.3) is 0 Å². The number of aromatic nitrogens is 7. The van der Waals surface area contributed by atoms with Crippen molar-refractivity contribution in [3.8, 4) is 33.2 Å². The Balaban J connectivity index is 1.42. The molecular weight excluding hydrogens is 491 g/mol. The van der Waals surface area contributed by atoms with Crippen molar-refractivity contribution in [2.75, 3.05) is 5.32 Å². The third-order valence-electron chi connectivity index (χ3n) is 5.84. The average Bonchev–Trinajstić information content (AvgIpc) is 3.62. The van der Waals surface area contributed by atoms with Crippen molar-refractivity contribution in [2.24, 2.45) is 5.92 Å². The number of pyridine rings is 3. The molecule has 6 rings (SSSR count). The molecule has 0 aliphatic heterocycles. The molecule has 0 saturated carbocycles. The number of carbonyl (C=O) groups is 1. The highest BCUT2D eigenvalue weighted by Crippen LogP contribution is 2.35. The summed E-state index contributed by atoms with van der Waals surface area (Å²) in [5, 5.41) is 12.2. The number of rotatable bonds is 6. The number of carbonyl (C=O) groups excluding carboxylic acids is 1. The van der Waals surface area contributed by atoms with Crippen LogP contribution in [0.5, 0.6) is 0 Å². The minimum atomic E-state index is -0.569. The molecule has 0 saturated heterocycles. The van der Waals surface area contributed by atoms with Gasteiger partial charge in [0.15, 0.2) is 17.3 Å². The minimum absolute atomic E-state index is 0.0936. The lowest BCUT2D eigenvalue weighted by molar-refractivity contribution is -0.116. The molecule has 6 aromatic heterocycles. The number of hydrogen-bond acceptors (Lipinski definition) is 7. The van der Waals surface area contributed by atoms with Crippen LogP contribution in [0.3, 0.4) is 0 Å². The highest BCUT2D eigenvalue weighted by atomic mass is 32.1. The molecule has 0 aliphatic rings. The van der Waals surface area contributed by atoms with E-state index in [-0.39, 0.29) is 22.9 Å². The maximum atomic E-state index is 16.0. The molecule has 0 aliphatic carbocycles. The van der Waals surface area contributed by atoms with Crippen LogP contribution >= 0.6 is 11.3 Å². The number of aromatic amines is 2. The van der Waals surface area contributed by atoms with E-state index in [1.54, 1.807) is 23.6 Å². The minimum Gasteiger partial charge on any atom is -0.335 e. The van der Waals surface area contributed by atoms with Crippen LogP contribution in [0.2, 0.25) is 0 Å². The number of anilines is 1. The second-order valence-corrected chi connectivity index (χ2v) is 9.96. The van der Waals surface area contributed by atoms with E-state index in [1.165, 1.54) is 18.6 Å². The molecule has 6 aromatic rings. The van der Waals surface area contributed by atoms with Crippen LogP contribution in [0.15, 0.2) is 54.4 Å². The zero-order chi connectivity index (χ0) is 25.5. The van der Waals surface area contributed by atoms with Crippen LogP contribution < -0.4 is 5.32 Å². The molecular formula is C26H21FN8OS. The number of nitrogens with zero attached hydrogens (tertiary/aromatic N) is 5. The van der Waals surface area contributed by atoms with Crippen molar-refractivity contribution in [2.45, 2.75) is 20.3 Å². The molecule has 0 fully saturated rings. The quantitative estimate of drug-likeness (QED) is 0.259. The van der Waals surface area contributed by atoms with Gasteiger partial charge in [-0.1, -0.05) is 19.9 Å².